The Kier molecular flexibility index (Phi) is 4.35. The molecule has 0 spiro atoms. The van der Waals surface area contributed by atoms with Crippen molar-refractivity contribution in [3.05, 3.63) is 48.2 Å². The third-order valence-electron chi connectivity index (χ3n) is 3.11. The van der Waals surface area contributed by atoms with E-state index in [4.69, 9.17) is 5.73 Å². The van der Waals surface area contributed by atoms with Crippen molar-refractivity contribution < 1.29 is 0 Å². The summed E-state index contributed by atoms with van der Waals surface area (Å²) in [7, 11) is 0. The maximum Gasteiger partial charge on any atom is 0.0703 e. The first-order chi connectivity index (χ1) is 8.79. The topological polar surface area (TPSA) is 38.9 Å². The molecule has 2 rings (SSSR count). The van der Waals surface area contributed by atoms with Gasteiger partial charge in [-0.05, 0) is 30.5 Å². The van der Waals surface area contributed by atoms with Gasteiger partial charge < -0.3 is 5.73 Å². The van der Waals surface area contributed by atoms with Crippen molar-refractivity contribution in [2.24, 2.45) is 0 Å². The van der Waals surface area contributed by atoms with Gasteiger partial charge in [0.1, 0.15) is 0 Å². The molecule has 0 bridgehead atoms. The van der Waals surface area contributed by atoms with E-state index in [0.717, 1.165) is 11.3 Å². The summed E-state index contributed by atoms with van der Waals surface area (Å²) in [4.78, 5) is 4.33. The number of hydrogen-bond donors (Lipinski definition) is 1. The van der Waals surface area contributed by atoms with E-state index in [9.17, 15) is 0 Å². The Hall–Kier alpha value is -1.83. The second-order valence-corrected chi connectivity index (χ2v) is 4.63. The summed E-state index contributed by atoms with van der Waals surface area (Å²) in [5, 5.41) is 0. The summed E-state index contributed by atoms with van der Waals surface area (Å²) in [6.07, 6.45) is 6.72. The quantitative estimate of drug-likeness (QED) is 0.800. The Morgan fingerprint density at radius 1 is 1.00 bits per heavy atom. The van der Waals surface area contributed by atoms with Crippen molar-refractivity contribution in [3.63, 3.8) is 0 Å². The monoisotopic (exact) mass is 240 g/mol. The van der Waals surface area contributed by atoms with Gasteiger partial charge in [0, 0.05) is 5.56 Å². The van der Waals surface area contributed by atoms with Gasteiger partial charge >= 0.3 is 0 Å². The number of anilines is 1. The van der Waals surface area contributed by atoms with Gasteiger partial charge in [-0.2, -0.15) is 0 Å². The van der Waals surface area contributed by atoms with E-state index in [1.165, 1.54) is 31.2 Å². The van der Waals surface area contributed by atoms with Crippen molar-refractivity contribution in [2.75, 3.05) is 5.73 Å². The fourth-order valence-corrected chi connectivity index (χ4v) is 2.00. The normalized spacial score (nSPS) is 10.5. The van der Waals surface area contributed by atoms with Crippen LogP contribution < -0.4 is 5.73 Å². The van der Waals surface area contributed by atoms with Gasteiger partial charge in [-0.25, -0.2) is 0 Å². The highest BCUT2D eigenvalue weighted by Crippen LogP contribution is 2.19. The van der Waals surface area contributed by atoms with Crippen molar-refractivity contribution in [2.45, 2.75) is 32.6 Å². The molecule has 1 aromatic heterocycles. The van der Waals surface area contributed by atoms with Crippen molar-refractivity contribution in [1.82, 2.24) is 4.98 Å². The molecule has 0 fully saturated rings. The molecule has 1 heterocycles. The van der Waals surface area contributed by atoms with Gasteiger partial charge in [-0.1, -0.05) is 44.0 Å². The van der Waals surface area contributed by atoms with Crippen molar-refractivity contribution >= 4 is 5.69 Å². The molecule has 0 saturated heterocycles. The van der Waals surface area contributed by atoms with E-state index in [-0.39, 0.29) is 0 Å². The van der Waals surface area contributed by atoms with E-state index in [1.807, 2.05) is 12.1 Å². The molecular weight excluding hydrogens is 220 g/mol. The minimum atomic E-state index is 0.704. The minimum Gasteiger partial charge on any atom is -0.397 e. The fourth-order valence-electron chi connectivity index (χ4n) is 2.00. The van der Waals surface area contributed by atoms with Gasteiger partial charge in [-0.3, -0.25) is 4.98 Å². The number of nitrogens with zero attached hydrogens (tertiary/aromatic N) is 1. The van der Waals surface area contributed by atoms with Crippen LogP contribution in [0.3, 0.4) is 0 Å². The molecule has 0 atom stereocenters. The SMILES string of the molecule is CCCCCc1ccc(-c2ccc(N)cn2)cc1. The van der Waals surface area contributed by atoms with Crippen molar-refractivity contribution in [3.8, 4) is 11.3 Å². The van der Waals surface area contributed by atoms with Crippen LogP contribution in [-0.4, -0.2) is 4.98 Å². The average Bonchev–Trinajstić information content (AvgIpc) is 2.41. The van der Waals surface area contributed by atoms with Crippen LogP contribution in [0.5, 0.6) is 0 Å². The number of unbranched alkanes of at least 4 members (excludes halogenated alkanes) is 2. The molecule has 0 unspecified atom stereocenters. The second-order valence-electron chi connectivity index (χ2n) is 4.63. The number of pyridine rings is 1. The number of nitrogens with two attached hydrogens (primary N) is 1. The molecule has 94 valence electrons. The molecule has 2 aromatic rings. The number of rotatable bonds is 5. The third-order valence-corrected chi connectivity index (χ3v) is 3.11. The van der Waals surface area contributed by atoms with Crippen LogP contribution in [-0.2, 0) is 6.42 Å². The van der Waals surface area contributed by atoms with Crippen LogP contribution in [0.25, 0.3) is 11.3 Å². The van der Waals surface area contributed by atoms with E-state index < -0.39 is 0 Å². The predicted molar refractivity (Wildman–Crippen MR) is 77.3 cm³/mol. The molecular formula is C16H20N2. The molecule has 0 amide bonds. The van der Waals surface area contributed by atoms with Gasteiger partial charge in [-0.15, -0.1) is 0 Å². The Morgan fingerprint density at radius 3 is 2.39 bits per heavy atom. The van der Waals surface area contributed by atoms with Crippen molar-refractivity contribution in [1.29, 1.82) is 0 Å². The highest BCUT2D eigenvalue weighted by Gasteiger charge is 1.99. The summed E-state index contributed by atoms with van der Waals surface area (Å²) < 4.78 is 0. The predicted octanol–water partition coefficient (Wildman–Crippen LogP) is 4.06. The Labute approximate surface area is 109 Å². The Bertz CT molecular complexity index is 471. The van der Waals surface area contributed by atoms with Crippen LogP contribution in [0.4, 0.5) is 5.69 Å². The number of hydrogen-bond acceptors (Lipinski definition) is 2. The average molecular weight is 240 g/mol. The molecule has 0 aliphatic carbocycles. The lowest BCUT2D eigenvalue weighted by atomic mass is 10.0. The zero-order chi connectivity index (χ0) is 12.8. The van der Waals surface area contributed by atoms with E-state index in [1.54, 1.807) is 6.20 Å². The lowest BCUT2D eigenvalue weighted by molar-refractivity contribution is 0.717. The highest BCUT2D eigenvalue weighted by molar-refractivity contribution is 5.60. The highest BCUT2D eigenvalue weighted by atomic mass is 14.7. The largest absolute Gasteiger partial charge is 0.397 e. The molecule has 2 N–H and O–H groups in total. The lowest BCUT2D eigenvalue weighted by Gasteiger charge is -2.04. The first-order valence-corrected chi connectivity index (χ1v) is 6.60. The number of benzene rings is 1. The smallest absolute Gasteiger partial charge is 0.0703 e. The van der Waals surface area contributed by atoms with E-state index >= 15 is 0 Å². The molecule has 18 heavy (non-hydrogen) atoms. The summed E-state index contributed by atoms with van der Waals surface area (Å²) in [6, 6.07) is 12.5. The Morgan fingerprint density at radius 2 is 1.78 bits per heavy atom. The van der Waals surface area contributed by atoms with Crippen LogP contribution in [0.15, 0.2) is 42.6 Å². The van der Waals surface area contributed by atoms with Crippen LogP contribution in [0, 0.1) is 0 Å². The standard InChI is InChI=1S/C16H20N2/c1-2-3-4-5-13-6-8-14(9-7-13)16-11-10-15(17)12-18-16/h6-12H,2-5,17H2,1H3. The molecule has 2 heteroatoms. The van der Waals surface area contributed by atoms with Gasteiger partial charge in [0.25, 0.3) is 0 Å². The molecule has 0 radical (unpaired) electrons. The van der Waals surface area contributed by atoms with E-state index in [0.29, 0.717) is 5.69 Å². The van der Waals surface area contributed by atoms with Crippen LogP contribution in [0.1, 0.15) is 31.7 Å². The second kappa shape index (κ2) is 6.20. The zero-order valence-corrected chi connectivity index (χ0v) is 10.9. The van der Waals surface area contributed by atoms with Crippen LogP contribution in [0.2, 0.25) is 0 Å². The fraction of sp³-hybridized carbons (Fsp3) is 0.312. The lowest BCUT2D eigenvalue weighted by Crippen LogP contribution is -1.89. The zero-order valence-electron chi connectivity index (χ0n) is 10.9. The number of nitrogen functional groups attached to an aromatic ring is 1. The number of aromatic nitrogens is 1. The molecule has 1 aromatic carbocycles. The minimum absolute atomic E-state index is 0.704. The number of aryl methyl sites for hydroxylation is 1. The molecule has 0 aliphatic rings. The maximum absolute atomic E-state index is 5.63. The van der Waals surface area contributed by atoms with E-state index in [2.05, 4.69) is 36.2 Å². The first kappa shape index (κ1) is 12.6. The Balaban J connectivity index is 2.05. The summed E-state index contributed by atoms with van der Waals surface area (Å²) in [5.41, 5.74) is 9.87. The molecule has 0 aliphatic heterocycles. The molecule has 0 saturated carbocycles. The summed E-state index contributed by atoms with van der Waals surface area (Å²) in [6.45, 7) is 2.23. The van der Waals surface area contributed by atoms with Gasteiger partial charge in [0.2, 0.25) is 0 Å². The maximum atomic E-state index is 5.63. The third kappa shape index (κ3) is 3.33. The first-order valence-electron chi connectivity index (χ1n) is 6.60. The van der Waals surface area contributed by atoms with Gasteiger partial charge in [0.15, 0.2) is 0 Å². The summed E-state index contributed by atoms with van der Waals surface area (Å²) in [5.74, 6) is 0. The summed E-state index contributed by atoms with van der Waals surface area (Å²) >= 11 is 0. The van der Waals surface area contributed by atoms with Gasteiger partial charge in [0.05, 0.1) is 17.6 Å². The molecule has 2 nitrogen and oxygen atoms in total. The van der Waals surface area contributed by atoms with Crippen LogP contribution >= 0.6 is 0 Å².